The van der Waals surface area contributed by atoms with E-state index in [-0.39, 0.29) is 30.6 Å². The molecule has 2 aromatic carbocycles. The standard InChI is InChI=1S/C27H31ClF3N7O3/c1-4-41-23(40)21(15-32-2)36-22(39)17-5-11-20(12-6-17)35-24(33-3)37-25(34-16-27(29,30)31)38-26(13-14-26)18-7-9-19(28)10-8-18/h5-12,21,32H,3-4,13-16H2,1-2H3,(H,36,39)(H2,34,35,37,38)/t21-/m0/s1. The quantitative estimate of drug-likeness (QED) is 0.188. The van der Waals surface area contributed by atoms with Crippen LogP contribution in [0.4, 0.5) is 18.9 Å². The number of hydrogen-bond donors (Lipinski definition) is 4. The second-order valence-corrected chi connectivity index (χ2v) is 9.54. The van der Waals surface area contributed by atoms with Crippen LogP contribution >= 0.6 is 11.6 Å². The van der Waals surface area contributed by atoms with E-state index < -0.39 is 36.2 Å². The predicted octanol–water partition coefficient (Wildman–Crippen LogP) is 3.89. The van der Waals surface area contributed by atoms with E-state index in [4.69, 9.17) is 16.3 Å². The highest BCUT2D eigenvalue weighted by atomic mass is 35.5. The van der Waals surface area contributed by atoms with Gasteiger partial charge >= 0.3 is 12.1 Å². The zero-order valence-corrected chi connectivity index (χ0v) is 23.3. The Balaban J connectivity index is 1.75. The van der Waals surface area contributed by atoms with Gasteiger partial charge in [0.15, 0.2) is 0 Å². The second kappa shape index (κ2) is 14.1. The summed E-state index contributed by atoms with van der Waals surface area (Å²) in [5.41, 5.74) is 0.901. The van der Waals surface area contributed by atoms with Crippen molar-refractivity contribution < 1.29 is 27.5 Å². The minimum atomic E-state index is -4.54. The topological polar surface area (TPSA) is 129 Å². The zero-order chi connectivity index (χ0) is 30.0. The third-order valence-electron chi connectivity index (χ3n) is 5.96. The third-order valence-corrected chi connectivity index (χ3v) is 6.21. The Morgan fingerprint density at radius 2 is 1.76 bits per heavy atom. The first-order chi connectivity index (χ1) is 19.5. The summed E-state index contributed by atoms with van der Waals surface area (Å²) in [6.45, 7) is 4.04. The molecular formula is C27H31ClF3N7O3. The van der Waals surface area contributed by atoms with E-state index >= 15 is 0 Å². The van der Waals surface area contributed by atoms with Crippen LogP contribution in [-0.2, 0) is 15.1 Å². The molecular weight excluding hydrogens is 563 g/mol. The number of benzene rings is 2. The van der Waals surface area contributed by atoms with Crippen LogP contribution in [0.15, 0.2) is 63.5 Å². The van der Waals surface area contributed by atoms with E-state index in [0.717, 1.165) is 5.56 Å². The number of nitrogens with one attached hydrogen (secondary N) is 4. The van der Waals surface area contributed by atoms with Crippen LogP contribution in [0.5, 0.6) is 0 Å². The van der Waals surface area contributed by atoms with Crippen molar-refractivity contribution in [3.63, 3.8) is 0 Å². The van der Waals surface area contributed by atoms with E-state index in [9.17, 15) is 22.8 Å². The fourth-order valence-electron chi connectivity index (χ4n) is 3.78. The summed E-state index contributed by atoms with van der Waals surface area (Å²) in [5.74, 6) is -1.44. The molecule has 1 atom stereocenters. The molecule has 14 heteroatoms. The predicted molar refractivity (Wildman–Crippen MR) is 153 cm³/mol. The Kier molecular flexibility index (Phi) is 10.8. The van der Waals surface area contributed by atoms with E-state index in [1.165, 1.54) is 12.1 Å². The monoisotopic (exact) mass is 593 g/mol. The normalized spacial score (nSPS) is 15.5. The van der Waals surface area contributed by atoms with Gasteiger partial charge in [-0.15, -0.1) is 0 Å². The minimum Gasteiger partial charge on any atom is -0.464 e. The van der Waals surface area contributed by atoms with Crippen molar-refractivity contribution in [3.8, 4) is 0 Å². The van der Waals surface area contributed by atoms with Crippen LogP contribution in [0, 0.1) is 0 Å². The van der Waals surface area contributed by atoms with Crippen LogP contribution < -0.4 is 21.3 Å². The van der Waals surface area contributed by atoms with Crippen molar-refractivity contribution in [1.29, 1.82) is 0 Å². The molecule has 1 aliphatic carbocycles. The van der Waals surface area contributed by atoms with Crippen LogP contribution in [0.2, 0.25) is 5.02 Å². The molecule has 0 saturated heterocycles. The number of amides is 1. The Morgan fingerprint density at radius 3 is 2.29 bits per heavy atom. The minimum absolute atomic E-state index is 0.112. The number of nitrogens with zero attached hydrogens (tertiary/aromatic N) is 3. The van der Waals surface area contributed by atoms with Crippen molar-refractivity contribution in [2.45, 2.75) is 37.5 Å². The summed E-state index contributed by atoms with van der Waals surface area (Å²) in [4.78, 5) is 36.3. The molecule has 0 heterocycles. The fraction of sp³-hybridized carbons (Fsp3) is 0.370. The molecule has 0 unspecified atom stereocenters. The Morgan fingerprint density at radius 1 is 1.10 bits per heavy atom. The molecule has 0 aromatic heterocycles. The zero-order valence-electron chi connectivity index (χ0n) is 22.5. The molecule has 1 amide bonds. The molecule has 4 N–H and O–H groups in total. The molecule has 0 spiro atoms. The number of likely N-dealkylation sites (N-methyl/N-ethyl adjacent to an activating group) is 1. The maximum absolute atomic E-state index is 13.0. The average molecular weight is 594 g/mol. The molecule has 1 saturated carbocycles. The number of alkyl halides is 3. The summed E-state index contributed by atoms with van der Waals surface area (Å²) in [7, 11) is 1.64. The van der Waals surface area contributed by atoms with E-state index in [0.29, 0.717) is 23.6 Å². The van der Waals surface area contributed by atoms with Gasteiger partial charge in [0.05, 0.1) is 12.1 Å². The lowest BCUT2D eigenvalue weighted by Crippen LogP contribution is -2.47. The largest absolute Gasteiger partial charge is 0.464 e. The molecule has 0 aliphatic heterocycles. The summed E-state index contributed by atoms with van der Waals surface area (Å²) in [6, 6.07) is 12.2. The van der Waals surface area contributed by atoms with Crippen molar-refractivity contribution in [2.75, 3.05) is 32.1 Å². The first-order valence-electron chi connectivity index (χ1n) is 12.7. The molecule has 220 valence electrons. The van der Waals surface area contributed by atoms with Crippen LogP contribution in [0.25, 0.3) is 0 Å². The van der Waals surface area contributed by atoms with Crippen LogP contribution in [-0.4, -0.2) is 69.5 Å². The summed E-state index contributed by atoms with van der Waals surface area (Å²) in [5, 5.41) is 11.9. The highest BCUT2D eigenvalue weighted by Crippen LogP contribution is 2.45. The summed E-state index contributed by atoms with van der Waals surface area (Å²) < 4.78 is 44.0. The van der Waals surface area contributed by atoms with Gasteiger partial charge < -0.3 is 26.0 Å². The van der Waals surface area contributed by atoms with E-state index in [2.05, 4.69) is 43.0 Å². The highest BCUT2D eigenvalue weighted by Gasteiger charge is 2.45. The lowest BCUT2D eigenvalue weighted by atomic mass is 10.1. The number of anilines is 1. The smallest absolute Gasteiger partial charge is 0.408 e. The first kappa shape index (κ1) is 31.6. The third kappa shape index (κ3) is 9.57. The Labute approximate surface area is 240 Å². The highest BCUT2D eigenvalue weighted by molar-refractivity contribution is 6.30. The van der Waals surface area contributed by atoms with Gasteiger partial charge in [0.2, 0.25) is 11.9 Å². The maximum atomic E-state index is 13.0. The molecule has 1 fully saturated rings. The average Bonchev–Trinajstić information content (AvgIpc) is 3.72. The number of aliphatic imine (C=N–C) groups is 3. The van der Waals surface area contributed by atoms with Gasteiger partial charge in [-0.1, -0.05) is 23.7 Å². The fourth-order valence-corrected chi connectivity index (χ4v) is 3.91. The van der Waals surface area contributed by atoms with Gasteiger partial charge in [-0.25, -0.2) is 14.8 Å². The first-order valence-corrected chi connectivity index (χ1v) is 13.1. The lowest BCUT2D eigenvalue weighted by Gasteiger charge is -2.19. The second-order valence-electron chi connectivity index (χ2n) is 9.10. The van der Waals surface area contributed by atoms with Crippen molar-refractivity contribution in [3.05, 3.63) is 64.7 Å². The Hall–Kier alpha value is -3.97. The summed E-state index contributed by atoms with van der Waals surface area (Å²) in [6.07, 6.45) is -3.22. The SMILES string of the molecule is C=N/C(=N\C(=NCC(F)(F)F)NC1(c2ccc(Cl)cc2)CC1)Nc1ccc(C(=O)N[C@@H](CNC)C(=O)OCC)cc1. The molecule has 0 bridgehead atoms. The van der Waals surface area contributed by atoms with Crippen molar-refractivity contribution in [2.24, 2.45) is 15.0 Å². The van der Waals surface area contributed by atoms with Crippen molar-refractivity contribution >= 4 is 47.8 Å². The number of ether oxygens (including phenoxy) is 1. The van der Waals surface area contributed by atoms with Gasteiger partial charge in [-0.3, -0.25) is 4.79 Å². The molecule has 41 heavy (non-hydrogen) atoms. The molecule has 0 radical (unpaired) electrons. The molecule has 1 aliphatic rings. The number of esters is 1. The van der Waals surface area contributed by atoms with Gasteiger partial charge in [0.25, 0.3) is 5.91 Å². The number of guanidine groups is 2. The number of carbonyl (C=O) groups is 2. The number of halogens is 4. The van der Waals surface area contributed by atoms with E-state index in [1.807, 2.05) is 0 Å². The number of rotatable bonds is 10. The summed E-state index contributed by atoms with van der Waals surface area (Å²) >= 11 is 5.98. The Bertz CT molecular complexity index is 1280. The van der Waals surface area contributed by atoms with Gasteiger partial charge in [0.1, 0.15) is 12.6 Å². The number of carbonyl (C=O) groups excluding carboxylic acids is 2. The number of hydrogen-bond acceptors (Lipinski definition) is 5. The lowest BCUT2D eigenvalue weighted by molar-refractivity contribution is -0.145. The van der Waals surface area contributed by atoms with Gasteiger partial charge in [-0.05, 0) is 75.5 Å². The molecule has 2 aromatic rings. The molecule has 3 rings (SSSR count). The maximum Gasteiger partial charge on any atom is 0.408 e. The molecule has 10 nitrogen and oxygen atoms in total. The van der Waals surface area contributed by atoms with Crippen molar-refractivity contribution in [1.82, 2.24) is 16.0 Å². The van der Waals surface area contributed by atoms with Crippen LogP contribution in [0.3, 0.4) is 0 Å². The van der Waals surface area contributed by atoms with Gasteiger partial charge in [0, 0.05) is 22.8 Å². The van der Waals surface area contributed by atoms with Crippen LogP contribution in [0.1, 0.15) is 35.7 Å². The van der Waals surface area contributed by atoms with Gasteiger partial charge in [-0.2, -0.15) is 18.2 Å². The van der Waals surface area contributed by atoms with E-state index in [1.54, 1.807) is 50.4 Å².